The zero-order valence-corrected chi connectivity index (χ0v) is 10.3. The van der Waals surface area contributed by atoms with E-state index in [-0.39, 0.29) is 5.41 Å². The van der Waals surface area contributed by atoms with Crippen LogP contribution in [0.25, 0.3) is 6.08 Å². The van der Waals surface area contributed by atoms with Gasteiger partial charge >= 0.3 is 0 Å². The topological polar surface area (TPSA) is 23.8 Å². The largest absolute Gasteiger partial charge is 0.193 e. The van der Waals surface area contributed by atoms with E-state index in [0.717, 1.165) is 0 Å². The summed E-state index contributed by atoms with van der Waals surface area (Å²) in [5.41, 5.74) is 2.81. The van der Waals surface area contributed by atoms with Gasteiger partial charge in [0.1, 0.15) is 0 Å². The Morgan fingerprint density at radius 2 is 1.69 bits per heavy atom. The smallest absolute Gasteiger partial charge is 0.0905 e. The Labute approximate surface area is 98.7 Å². The first-order valence-electron chi connectivity index (χ1n) is 5.19. The minimum Gasteiger partial charge on any atom is -0.193 e. The highest BCUT2D eigenvalue weighted by Crippen LogP contribution is 2.25. The van der Waals surface area contributed by atoms with Gasteiger partial charge in [0.15, 0.2) is 0 Å². The van der Waals surface area contributed by atoms with Crippen LogP contribution in [0, 0.1) is 11.3 Å². The zero-order valence-electron chi connectivity index (χ0n) is 10.3. The van der Waals surface area contributed by atoms with Crippen LogP contribution in [0.1, 0.15) is 31.9 Å². The number of allylic oxidation sites excluding steroid dienone is 1. The van der Waals surface area contributed by atoms with Gasteiger partial charge in [-0.15, -0.1) is 0 Å². The summed E-state index contributed by atoms with van der Waals surface area (Å²) in [5, 5.41) is 7.51. The number of hydrogen-bond acceptors (Lipinski definition) is 1. The number of rotatable bonds is 1. The predicted octanol–water partition coefficient (Wildman–Crippen LogP) is 4.32. The highest BCUT2D eigenvalue weighted by atomic mass is 14.2. The van der Waals surface area contributed by atoms with E-state index in [1.54, 1.807) is 6.07 Å². The van der Waals surface area contributed by atoms with Crippen LogP contribution < -0.4 is 0 Å². The van der Waals surface area contributed by atoms with Gasteiger partial charge in [0, 0.05) is 6.08 Å². The maximum absolute atomic E-state index is 7.51. The van der Waals surface area contributed by atoms with Crippen molar-refractivity contribution in [3.8, 4) is 6.07 Å². The van der Waals surface area contributed by atoms with Gasteiger partial charge in [-0.05, 0) is 16.5 Å². The van der Waals surface area contributed by atoms with E-state index in [2.05, 4.69) is 52.1 Å². The summed E-state index contributed by atoms with van der Waals surface area (Å²) in [7, 11) is 0. The van der Waals surface area contributed by atoms with Crippen molar-refractivity contribution in [3.05, 3.63) is 54.6 Å². The lowest BCUT2D eigenvalue weighted by Crippen LogP contribution is -2.12. The molecule has 0 aliphatic rings. The van der Waals surface area contributed by atoms with E-state index < -0.39 is 0 Å². The summed E-state index contributed by atoms with van der Waals surface area (Å²) < 4.78 is 0. The SMILES string of the molecule is C=CC#N.C=Cc1ccccc1C(C)(C)C. The third-order valence-electron chi connectivity index (χ3n) is 2.08. The molecule has 0 heterocycles. The third-order valence-corrected chi connectivity index (χ3v) is 2.08. The average molecular weight is 213 g/mol. The van der Waals surface area contributed by atoms with Crippen LogP contribution in [0.3, 0.4) is 0 Å². The minimum absolute atomic E-state index is 0.213. The third kappa shape index (κ3) is 4.61. The number of nitrogens with zero attached hydrogens (tertiary/aromatic N) is 1. The van der Waals surface area contributed by atoms with E-state index in [1.165, 1.54) is 17.2 Å². The van der Waals surface area contributed by atoms with E-state index in [9.17, 15) is 0 Å². The summed E-state index contributed by atoms with van der Waals surface area (Å²) >= 11 is 0. The van der Waals surface area contributed by atoms with Gasteiger partial charge in [0.25, 0.3) is 0 Å². The van der Waals surface area contributed by atoms with Crippen LogP contribution >= 0.6 is 0 Å². The fourth-order valence-electron chi connectivity index (χ4n) is 1.36. The standard InChI is InChI=1S/C12H16.C3H3N/c1-5-10-8-6-7-9-11(10)12(2,3)4;1-2-3-4/h5-9H,1H2,2-4H3;2H,1H2. The Hall–Kier alpha value is -1.81. The maximum Gasteiger partial charge on any atom is 0.0905 e. The molecule has 0 fully saturated rings. The molecule has 16 heavy (non-hydrogen) atoms. The lowest BCUT2D eigenvalue weighted by atomic mass is 9.84. The van der Waals surface area contributed by atoms with Crippen LogP contribution in [-0.4, -0.2) is 0 Å². The molecule has 0 bridgehead atoms. The van der Waals surface area contributed by atoms with E-state index in [1.807, 2.05) is 12.1 Å². The van der Waals surface area contributed by atoms with Gasteiger partial charge in [0.05, 0.1) is 6.07 Å². The average Bonchev–Trinajstić information content (AvgIpc) is 2.28. The van der Waals surface area contributed by atoms with Crippen LogP contribution in [0.2, 0.25) is 0 Å². The zero-order chi connectivity index (χ0) is 12.6. The van der Waals surface area contributed by atoms with Gasteiger partial charge in [-0.1, -0.05) is 64.3 Å². The molecule has 84 valence electrons. The van der Waals surface area contributed by atoms with E-state index in [0.29, 0.717) is 0 Å². The number of hydrogen-bond donors (Lipinski definition) is 0. The second-order valence-corrected chi connectivity index (χ2v) is 4.37. The molecule has 0 unspecified atom stereocenters. The van der Waals surface area contributed by atoms with Crippen molar-refractivity contribution in [1.82, 2.24) is 0 Å². The minimum atomic E-state index is 0.213. The second-order valence-electron chi connectivity index (χ2n) is 4.37. The Kier molecular flexibility index (Phi) is 5.88. The van der Waals surface area contributed by atoms with E-state index >= 15 is 0 Å². The number of nitriles is 1. The lowest BCUT2D eigenvalue weighted by Gasteiger charge is -2.21. The molecule has 0 atom stereocenters. The molecule has 1 aromatic carbocycles. The molecule has 1 heteroatoms. The fraction of sp³-hybridized carbons (Fsp3) is 0.267. The van der Waals surface area contributed by atoms with Crippen molar-refractivity contribution in [2.24, 2.45) is 0 Å². The van der Waals surface area contributed by atoms with Crippen LogP contribution in [0.15, 0.2) is 43.5 Å². The maximum atomic E-state index is 7.51. The first-order chi connectivity index (χ1) is 7.47. The Balaban J connectivity index is 0.000000487. The van der Waals surface area contributed by atoms with Crippen LogP contribution in [0.5, 0.6) is 0 Å². The quantitative estimate of drug-likeness (QED) is 0.637. The molecule has 1 aromatic rings. The summed E-state index contributed by atoms with van der Waals surface area (Å²) in [6, 6.07) is 10.1. The van der Waals surface area contributed by atoms with Gasteiger partial charge < -0.3 is 0 Å². The first-order valence-corrected chi connectivity index (χ1v) is 5.19. The molecule has 0 saturated heterocycles. The molecule has 0 aliphatic heterocycles. The monoisotopic (exact) mass is 213 g/mol. The molecule has 1 nitrogen and oxygen atoms in total. The van der Waals surface area contributed by atoms with Gasteiger partial charge in [0.2, 0.25) is 0 Å². The van der Waals surface area contributed by atoms with Gasteiger partial charge in [-0.2, -0.15) is 5.26 Å². The molecule has 0 radical (unpaired) electrons. The van der Waals surface area contributed by atoms with Crippen molar-refractivity contribution in [3.63, 3.8) is 0 Å². The molecular formula is C15H19N. The van der Waals surface area contributed by atoms with Gasteiger partial charge in [-0.3, -0.25) is 0 Å². The van der Waals surface area contributed by atoms with Crippen molar-refractivity contribution in [2.45, 2.75) is 26.2 Å². The van der Waals surface area contributed by atoms with Gasteiger partial charge in [-0.25, -0.2) is 0 Å². The molecule has 0 N–H and O–H groups in total. The van der Waals surface area contributed by atoms with Crippen LogP contribution in [0.4, 0.5) is 0 Å². The molecule has 0 amide bonds. The molecular weight excluding hydrogens is 194 g/mol. The van der Waals surface area contributed by atoms with Crippen molar-refractivity contribution < 1.29 is 0 Å². The summed E-state index contributed by atoms with van der Waals surface area (Å²) in [5.74, 6) is 0. The van der Waals surface area contributed by atoms with Crippen molar-refractivity contribution >= 4 is 6.08 Å². The molecule has 1 rings (SSSR count). The highest BCUT2D eigenvalue weighted by molar-refractivity contribution is 5.53. The molecule has 0 aliphatic carbocycles. The molecule has 0 aromatic heterocycles. The van der Waals surface area contributed by atoms with Crippen molar-refractivity contribution in [2.75, 3.05) is 0 Å². The summed E-state index contributed by atoms with van der Waals surface area (Å²) in [4.78, 5) is 0. The predicted molar refractivity (Wildman–Crippen MR) is 71.0 cm³/mol. The Morgan fingerprint density at radius 3 is 2.00 bits per heavy atom. The summed E-state index contributed by atoms with van der Waals surface area (Å²) in [6.45, 7) is 13.6. The summed E-state index contributed by atoms with van der Waals surface area (Å²) in [6.07, 6.45) is 3.10. The number of benzene rings is 1. The fourth-order valence-corrected chi connectivity index (χ4v) is 1.36. The Bertz CT molecular complexity index is 389. The lowest BCUT2D eigenvalue weighted by molar-refractivity contribution is 0.589. The highest BCUT2D eigenvalue weighted by Gasteiger charge is 2.15. The van der Waals surface area contributed by atoms with E-state index in [4.69, 9.17) is 5.26 Å². The van der Waals surface area contributed by atoms with Crippen LogP contribution in [-0.2, 0) is 5.41 Å². The normalized spacial score (nSPS) is 9.38. The van der Waals surface area contributed by atoms with Crippen molar-refractivity contribution in [1.29, 1.82) is 5.26 Å². The molecule has 0 saturated carbocycles. The first kappa shape index (κ1) is 14.2. The second kappa shape index (κ2) is 6.63. The molecule has 0 spiro atoms. The Morgan fingerprint density at radius 1 is 1.19 bits per heavy atom.